The lowest BCUT2D eigenvalue weighted by Gasteiger charge is -2.34. The van der Waals surface area contributed by atoms with Gasteiger partial charge in [-0.1, -0.05) is 6.07 Å². The highest BCUT2D eigenvalue weighted by molar-refractivity contribution is 5.16. The Morgan fingerprint density at radius 1 is 1.16 bits per heavy atom. The zero-order chi connectivity index (χ0) is 17.9. The number of aromatic nitrogens is 1. The summed E-state index contributed by atoms with van der Waals surface area (Å²) in [5.74, 6) is 0. The zero-order valence-corrected chi connectivity index (χ0v) is 14.1. The van der Waals surface area contributed by atoms with Gasteiger partial charge in [0.1, 0.15) is 11.3 Å². The molecule has 0 bridgehead atoms. The maximum Gasteiger partial charge on any atom is 0.433 e. The summed E-state index contributed by atoms with van der Waals surface area (Å²) in [6.45, 7) is 4.83. The predicted molar refractivity (Wildman–Crippen MR) is 86.0 cm³/mol. The van der Waals surface area contributed by atoms with Crippen LogP contribution in [0.4, 0.5) is 13.2 Å². The fraction of sp³-hybridized carbons (Fsp3) is 0.706. The summed E-state index contributed by atoms with van der Waals surface area (Å²) in [6.07, 6.45) is -0.866. The Morgan fingerprint density at radius 2 is 1.92 bits per heavy atom. The third-order valence-electron chi connectivity index (χ3n) is 4.68. The molecule has 8 heteroatoms. The second-order valence-electron chi connectivity index (χ2n) is 7.02. The molecular weight excluding hydrogens is 335 g/mol. The van der Waals surface area contributed by atoms with Gasteiger partial charge in [0.15, 0.2) is 0 Å². The molecule has 140 valence electrons. The number of ether oxygens (including phenoxy) is 1. The van der Waals surface area contributed by atoms with Crippen LogP contribution in [-0.2, 0) is 17.5 Å². The molecule has 1 aromatic rings. The number of rotatable bonds is 4. The molecule has 3 rings (SSSR count). The molecule has 1 aromatic heterocycles. The van der Waals surface area contributed by atoms with Crippen molar-refractivity contribution >= 4 is 0 Å². The largest absolute Gasteiger partial charge is 0.433 e. The second-order valence-corrected chi connectivity index (χ2v) is 7.02. The highest BCUT2D eigenvalue weighted by Gasteiger charge is 2.35. The van der Waals surface area contributed by atoms with Crippen LogP contribution in [0.15, 0.2) is 18.3 Å². The fourth-order valence-corrected chi connectivity index (χ4v) is 3.53. The van der Waals surface area contributed by atoms with Gasteiger partial charge in [0.2, 0.25) is 0 Å². The minimum Gasteiger partial charge on any atom is -0.385 e. The summed E-state index contributed by atoms with van der Waals surface area (Å²) >= 11 is 0. The van der Waals surface area contributed by atoms with Crippen LogP contribution in [0, 0.1) is 0 Å². The van der Waals surface area contributed by atoms with E-state index in [0.29, 0.717) is 38.3 Å². The van der Waals surface area contributed by atoms with E-state index in [1.165, 1.54) is 12.3 Å². The number of nitrogens with zero attached hydrogens (tertiary/aromatic N) is 3. The predicted octanol–water partition coefficient (Wildman–Crippen LogP) is 1.76. The van der Waals surface area contributed by atoms with E-state index in [0.717, 1.165) is 32.0 Å². The van der Waals surface area contributed by atoms with E-state index in [-0.39, 0.29) is 6.61 Å². The van der Waals surface area contributed by atoms with Crippen molar-refractivity contribution in [2.24, 2.45) is 0 Å². The van der Waals surface area contributed by atoms with Crippen LogP contribution in [0.1, 0.15) is 24.1 Å². The molecule has 0 radical (unpaired) electrons. The molecule has 2 saturated heterocycles. The fourth-order valence-electron chi connectivity index (χ4n) is 3.53. The van der Waals surface area contributed by atoms with Gasteiger partial charge in [-0.2, -0.15) is 13.2 Å². The first-order valence-corrected chi connectivity index (χ1v) is 8.61. The van der Waals surface area contributed by atoms with Crippen LogP contribution >= 0.6 is 0 Å². The molecular formula is C17H24F3N3O2. The summed E-state index contributed by atoms with van der Waals surface area (Å²) in [7, 11) is 0. The third kappa shape index (κ3) is 5.13. The molecule has 2 aliphatic rings. The molecule has 25 heavy (non-hydrogen) atoms. The van der Waals surface area contributed by atoms with Crippen LogP contribution in [0.3, 0.4) is 0 Å². The summed E-state index contributed by atoms with van der Waals surface area (Å²) in [5, 5.41) is 10.9. The molecule has 2 fully saturated rings. The molecule has 0 aromatic carbocycles. The van der Waals surface area contributed by atoms with Crippen LogP contribution in [0.5, 0.6) is 0 Å². The number of β-amino-alcohol motifs (C(OH)–C–C–N with tert-alkyl or cyclic N) is 1. The Hall–Kier alpha value is -1.22. The van der Waals surface area contributed by atoms with Gasteiger partial charge < -0.3 is 14.7 Å². The highest BCUT2D eigenvalue weighted by Crippen LogP contribution is 2.27. The standard InChI is InChI=1S/C17H24F3N3O2/c18-17(19,20)15-4-3-14(9-21-15)10-23-7-8-25-13-16(24,12-23)11-22-5-1-2-6-22/h3-4,9,24H,1-2,5-8,10-13H2/t16-/m1/s1. The van der Waals surface area contributed by atoms with Crippen molar-refractivity contribution in [1.82, 2.24) is 14.8 Å². The van der Waals surface area contributed by atoms with E-state index < -0.39 is 17.5 Å². The van der Waals surface area contributed by atoms with Crippen molar-refractivity contribution in [2.45, 2.75) is 31.2 Å². The Morgan fingerprint density at radius 3 is 2.56 bits per heavy atom. The molecule has 0 amide bonds. The lowest BCUT2D eigenvalue weighted by Crippen LogP contribution is -2.51. The van der Waals surface area contributed by atoms with E-state index in [4.69, 9.17) is 4.74 Å². The highest BCUT2D eigenvalue weighted by atomic mass is 19.4. The van der Waals surface area contributed by atoms with E-state index >= 15 is 0 Å². The van der Waals surface area contributed by atoms with E-state index in [1.807, 2.05) is 4.90 Å². The quantitative estimate of drug-likeness (QED) is 0.888. The van der Waals surface area contributed by atoms with E-state index in [1.54, 1.807) is 0 Å². The minimum atomic E-state index is -4.43. The lowest BCUT2D eigenvalue weighted by atomic mass is 10.0. The van der Waals surface area contributed by atoms with Crippen LogP contribution in [0.25, 0.3) is 0 Å². The summed E-state index contributed by atoms with van der Waals surface area (Å²) in [4.78, 5) is 7.77. The van der Waals surface area contributed by atoms with Crippen LogP contribution < -0.4 is 0 Å². The van der Waals surface area contributed by atoms with Gasteiger partial charge in [0, 0.05) is 32.4 Å². The molecule has 0 aliphatic carbocycles. The van der Waals surface area contributed by atoms with Crippen molar-refractivity contribution in [2.75, 3.05) is 45.9 Å². The molecule has 1 atom stereocenters. The number of pyridine rings is 1. The first-order chi connectivity index (χ1) is 11.8. The number of hydrogen-bond donors (Lipinski definition) is 1. The van der Waals surface area contributed by atoms with Gasteiger partial charge in [-0.3, -0.25) is 9.88 Å². The SMILES string of the molecule is O[C@@]1(CN2CCCC2)COCCN(Cc2ccc(C(F)(F)F)nc2)C1. The van der Waals surface area contributed by atoms with Gasteiger partial charge in [-0.25, -0.2) is 0 Å². The van der Waals surface area contributed by atoms with Crippen molar-refractivity contribution in [3.8, 4) is 0 Å². The van der Waals surface area contributed by atoms with E-state index in [9.17, 15) is 18.3 Å². The topological polar surface area (TPSA) is 48.8 Å². The Labute approximate surface area is 145 Å². The molecule has 2 aliphatic heterocycles. The minimum absolute atomic E-state index is 0.283. The maximum absolute atomic E-state index is 12.6. The Bertz CT molecular complexity index is 561. The molecule has 0 spiro atoms. The lowest BCUT2D eigenvalue weighted by molar-refractivity contribution is -0.141. The van der Waals surface area contributed by atoms with Gasteiger partial charge in [0.25, 0.3) is 0 Å². The number of hydrogen-bond acceptors (Lipinski definition) is 5. The molecule has 0 saturated carbocycles. The molecule has 1 N–H and O–H groups in total. The first kappa shape index (κ1) is 18.6. The molecule has 3 heterocycles. The van der Waals surface area contributed by atoms with Crippen molar-refractivity contribution in [3.63, 3.8) is 0 Å². The van der Waals surface area contributed by atoms with Crippen molar-refractivity contribution in [3.05, 3.63) is 29.6 Å². The maximum atomic E-state index is 12.6. The van der Waals surface area contributed by atoms with Gasteiger partial charge in [0.05, 0.1) is 13.2 Å². The van der Waals surface area contributed by atoms with Gasteiger partial charge >= 0.3 is 6.18 Å². The number of aliphatic hydroxyl groups is 1. The average molecular weight is 359 g/mol. The molecule has 5 nitrogen and oxygen atoms in total. The third-order valence-corrected chi connectivity index (χ3v) is 4.68. The van der Waals surface area contributed by atoms with Crippen LogP contribution in [0.2, 0.25) is 0 Å². The number of alkyl halides is 3. The van der Waals surface area contributed by atoms with Gasteiger partial charge in [-0.05, 0) is 37.6 Å². The van der Waals surface area contributed by atoms with Crippen molar-refractivity contribution in [1.29, 1.82) is 0 Å². The summed E-state index contributed by atoms with van der Waals surface area (Å²) in [6, 6.07) is 2.45. The average Bonchev–Trinajstić information content (AvgIpc) is 2.96. The monoisotopic (exact) mass is 359 g/mol. The van der Waals surface area contributed by atoms with Gasteiger partial charge in [-0.15, -0.1) is 0 Å². The summed E-state index contributed by atoms with van der Waals surface area (Å²) in [5.41, 5.74) is -1.15. The Balaban J connectivity index is 1.62. The second kappa shape index (κ2) is 7.57. The molecule has 0 unspecified atom stereocenters. The zero-order valence-electron chi connectivity index (χ0n) is 14.1. The van der Waals surface area contributed by atoms with E-state index in [2.05, 4.69) is 9.88 Å². The Kier molecular flexibility index (Phi) is 5.62. The number of likely N-dealkylation sites (tertiary alicyclic amines) is 1. The smallest absolute Gasteiger partial charge is 0.385 e. The van der Waals surface area contributed by atoms with Crippen LogP contribution in [-0.4, -0.2) is 71.4 Å². The first-order valence-electron chi connectivity index (χ1n) is 8.61. The normalized spacial score (nSPS) is 26.7. The van der Waals surface area contributed by atoms with Crippen molar-refractivity contribution < 1.29 is 23.0 Å². The summed E-state index contributed by atoms with van der Waals surface area (Å²) < 4.78 is 43.4. The number of halogens is 3.